The summed E-state index contributed by atoms with van der Waals surface area (Å²) < 4.78 is 4.90. The first kappa shape index (κ1) is 10.6. The van der Waals surface area contributed by atoms with Crippen LogP contribution in [0.4, 0.5) is 0 Å². The largest absolute Gasteiger partial charge is 0.404 e. The predicted octanol–water partition coefficient (Wildman–Crippen LogP) is 2.98. The number of fused-ring (bicyclic) bond motifs is 1. The maximum atomic E-state index is 11.0. The molecule has 0 aliphatic rings. The van der Waals surface area contributed by atoms with Crippen LogP contribution in [0.1, 0.15) is 0 Å². The molecule has 1 aromatic carbocycles. The molecule has 0 aliphatic heterocycles. The minimum Gasteiger partial charge on any atom is -0.404 e. The van der Waals surface area contributed by atoms with Gasteiger partial charge in [-0.25, -0.2) is 9.78 Å². The van der Waals surface area contributed by atoms with Crippen molar-refractivity contribution in [3.05, 3.63) is 48.0 Å². The second kappa shape index (κ2) is 4.33. The van der Waals surface area contributed by atoms with Crippen LogP contribution < -0.4 is 4.74 Å². The van der Waals surface area contributed by atoms with Gasteiger partial charge in [-0.2, -0.15) is 0 Å². The molecule has 0 aliphatic carbocycles. The molecule has 4 heteroatoms. The molecule has 16 heavy (non-hydrogen) atoms. The Morgan fingerprint density at radius 2 is 2.19 bits per heavy atom. The molecule has 0 spiro atoms. The van der Waals surface area contributed by atoms with Gasteiger partial charge in [0, 0.05) is 22.6 Å². The van der Waals surface area contributed by atoms with Crippen molar-refractivity contribution in [2.45, 2.75) is 0 Å². The van der Waals surface area contributed by atoms with Gasteiger partial charge in [-0.05, 0) is 24.3 Å². The maximum Gasteiger partial charge on any atom is 0.336 e. The summed E-state index contributed by atoms with van der Waals surface area (Å²) in [7, 11) is 0. The standard InChI is InChI=1S/C12H8ClNO2/c1-2-12(15)16-11-6-3-8-7-9(13)4-5-10(8)14-11/h2-7H,1H2. The van der Waals surface area contributed by atoms with E-state index in [2.05, 4.69) is 11.6 Å². The molecule has 0 bridgehead atoms. The van der Waals surface area contributed by atoms with Crippen LogP contribution in [0.25, 0.3) is 10.9 Å². The van der Waals surface area contributed by atoms with Crippen LogP contribution in [0.5, 0.6) is 5.88 Å². The van der Waals surface area contributed by atoms with Gasteiger partial charge in [0.2, 0.25) is 5.88 Å². The molecule has 2 aromatic rings. The van der Waals surface area contributed by atoms with E-state index in [9.17, 15) is 4.79 Å². The lowest BCUT2D eigenvalue weighted by atomic mass is 10.2. The van der Waals surface area contributed by atoms with E-state index in [-0.39, 0.29) is 5.88 Å². The average molecular weight is 234 g/mol. The quantitative estimate of drug-likeness (QED) is 0.591. The Morgan fingerprint density at radius 1 is 1.38 bits per heavy atom. The number of pyridine rings is 1. The fraction of sp³-hybridized carbons (Fsp3) is 0. The third-order valence-electron chi connectivity index (χ3n) is 2.00. The molecule has 0 saturated heterocycles. The number of hydrogen-bond donors (Lipinski definition) is 0. The van der Waals surface area contributed by atoms with Gasteiger partial charge in [-0.15, -0.1) is 0 Å². The zero-order valence-electron chi connectivity index (χ0n) is 8.31. The van der Waals surface area contributed by atoms with Gasteiger partial charge in [-0.1, -0.05) is 18.2 Å². The van der Waals surface area contributed by atoms with Gasteiger partial charge in [0.05, 0.1) is 5.52 Å². The summed E-state index contributed by atoms with van der Waals surface area (Å²) in [5.41, 5.74) is 0.721. The number of hydrogen-bond acceptors (Lipinski definition) is 3. The maximum absolute atomic E-state index is 11.0. The molecule has 0 N–H and O–H groups in total. The van der Waals surface area contributed by atoms with E-state index in [4.69, 9.17) is 16.3 Å². The number of esters is 1. The Kier molecular flexibility index (Phi) is 2.88. The molecule has 0 amide bonds. The lowest BCUT2D eigenvalue weighted by Crippen LogP contribution is -2.04. The Hall–Kier alpha value is -1.87. The number of carbonyl (C=O) groups excluding carboxylic acids is 1. The summed E-state index contributed by atoms with van der Waals surface area (Å²) in [4.78, 5) is 15.1. The van der Waals surface area contributed by atoms with Crippen LogP contribution in [-0.2, 0) is 4.79 Å². The van der Waals surface area contributed by atoms with Crippen LogP contribution in [0, 0.1) is 0 Å². The Balaban J connectivity index is 2.40. The molecule has 0 fully saturated rings. The van der Waals surface area contributed by atoms with Crippen molar-refractivity contribution < 1.29 is 9.53 Å². The zero-order valence-corrected chi connectivity index (χ0v) is 9.07. The van der Waals surface area contributed by atoms with E-state index in [1.54, 1.807) is 30.3 Å². The highest BCUT2D eigenvalue weighted by atomic mass is 35.5. The van der Waals surface area contributed by atoms with Gasteiger partial charge in [0.1, 0.15) is 0 Å². The monoisotopic (exact) mass is 233 g/mol. The first-order chi connectivity index (χ1) is 7.69. The predicted molar refractivity (Wildman–Crippen MR) is 62.6 cm³/mol. The van der Waals surface area contributed by atoms with Crippen molar-refractivity contribution in [2.75, 3.05) is 0 Å². The van der Waals surface area contributed by atoms with Crippen LogP contribution in [0.2, 0.25) is 5.02 Å². The van der Waals surface area contributed by atoms with Gasteiger partial charge in [-0.3, -0.25) is 0 Å². The van der Waals surface area contributed by atoms with Gasteiger partial charge < -0.3 is 4.74 Å². The Labute approximate surface area is 97.3 Å². The first-order valence-corrected chi connectivity index (χ1v) is 4.97. The summed E-state index contributed by atoms with van der Waals surface area (Å²) >= 11 is 5.84. The number of rotatable bonds is 2. The summed E-state index contributed by atoms with van der Waals surface area (Å²) in [5, 5.41) is 1.54. The van der Waals surface area contributed by atoms with E-state index >= 15 is 0 Å². The molecule has 0 unspecified atom stereocenters. The van der Waals surface area contributed by atoms with Gasteiger partial charge >= 0.3 is 5.97 Å². The second-order valence-corrected chi connectivity index (χ2v) is 3.55. The molecule has 1 aromatic heterocycles. The highest BCUT2D eigenvalue weighted by molar-refractivity contribution is 6.31. The third kappa shape index (κ3) is 2.20. The summed E-state index contributed by atoms with van der Waals surface area (Å²) in [6, 6.07) is 8.70. The number of halogens is 1. The lowest BCUT2D eigenvalue weighted by Gasteiger charge is -2.02. The number of carbonyl (C=O) groups is 1. The normalized spacial score (nSPS) is 10.1. The lowest BCUT2D eigenvalue weighted by molar-refractivity contribution is -0.129. The zero-order chi connectivity index (χ0) is 11.5. The molecule has 0 saturated carbocycles. The molecule has 80 valence electrons. The summed E-state index contributed by atoms with van der Waals surface area (Å²) in [5.74, 6) is -0.277. The highest BCUT2D eigenvalue weighted by Gasteiger charge is 2.03. The van der Waals surface area contributed by atoms with Crippen LogP contribution >= 0.6 is 11.6 Å². The fourth-order valence-corrected chi connectivity index (χ4v) is 1.46. The van der Waals surface area contributed by atoms with Crippen molar-refractivity contribution in [3.63, 3.8) is 0 Å². The molecular weight excluding hydrogens is 226 g/mol. The Morgan fingerprint density at radius 3 is 2.94 bits per heavy atom. The molecule has 3 nitrogen and oxygen atoms in total. The second-order valence-electron chi connectivity index (χ2n) is 3.11. The Bertz CT molecular complexity index is 566. The highest BCUT2D eigenvalue weighted by Crippen LogP contribution is 2.20. The number of aromatic nitrogens is 1. The van der Waals surface area contributed by atoms with Gasteiger partial charge in [0.15, 0.2) is 0 Å². The van der Waals surface area contributed by atoms with Crippen molar-refractivity contribution in [3.8, 4) is 5.88 Å². The van der Waals surface area contributed by atoms with E-state index in [0.29, 0.717) is 5.02 Å². The van der Waals surface area contributed by atoms with Crippen LogP contribution in [-0.4, -0.2) is 11.0 Å². The van der Waals surface area contributed by atoms with Crippen LogP contribution in [0.3, 0.4) is 0 Å². The topological polar surface area (TPSA) is 39.2 Å². The fourth-order valence-electron chi connectivity index (χ4n) is 1.28. The average Bonchev–Trinajstić information content (AvgIpc) is 2.29. The minimum absolute atomic E-state index is 0.250. The van der Waals surface area contributed by atoms with Crippen molar-refractivity contribution in [1.82, 2.24) is 4.98 Å². The van der Waals surface area contributed by atoms with E-state index in [0.717, 1.165) is 17.0 Å². The third-order valence-corrected chi connectivity index (χ3v) is 2.23. The summed E-state index contributed by atoms with van der Waals surface area (Å²) in [6.45, 7) is 3.31. The smallest absolute Gasteiger partial charge is 0.336 e. The van der Waals surface area contributed by atoms with Crippen molar-refractivity contribution >= 4 is 28.5 Å². The SMILES string of the molecule is C=CC(=O)Oc1ccc2cc(Cl)ccc2n1. The van der Waals surface area contributed by atoms with Crippen LogP contribution in [0.15, 0.2) is 43.0 Å². The van der Waals surface area contributed by atoms with Crippen molar-refractivity contribution in [1.29, 1.82) is 0 Å². The number of ether oxygens (including phenoxy) is 1. The van der Waals surface area contributed by atoms with E-state index in [1.165, 1.54) is 0 Å². The molecular formula is C12H8ClNO2. The molecule has 1 heterocycles. The molecule has 0 atom stereocenters. The number of benzene rings is 1. The molecule has 2 rings (SSSR count). The first-order valence-electron chi connectivity index (χ1n) is 4.59. The van der Waals surface area contributed by atoms with Crippen molar-refractivity contribution in [2.24, 2.45) is 0 Å². The minimum atomic E-state index is -0.527. The number of nitrogens with zero attached hydrogens (tertiary/aromatic N) is 1. The molecule has 0 radical (unpaired) electrons. The van der Waals surface area contributed by atoms with E-state index < -0.39 is 5.97 Å². The van der Waals surface area contributed by atoms with E-state index in [1.807, 2.05) is 0 Å². The summed E-state index contributed by atoms with van der Waals surface area (Å²) in [6.07, 6.45) is 1.09. The van der Waals surface area contributed by atoms with Gasteiger partial charge in [0.25, 0.3) is 0 Å².